The van der Waals surface area contributed by atoms with E-state index < -0.39 is 16.0 Å². The number of nitrogens with zero attached hydrogens (tertiary/aromatic N) is 1. The van der Waals surface area contributed by atoms with E-state index in [0.29, 0.717) is 11.5 Å². The fourth-order valence-electron chi connectivity index (χ4n) is 1.82. The van der Waals surface area contributed by atoms with Gasteiger partial charge in [-0.1, -0.05) is 12.1 Å². The summed E-state index contributed by atoms with van der Waals surface area (Å²) in [6.45, 7) is -0.513. The van der Waals surface area contributed by atoms with Gasteiger partial charge in [0.15, 0.2) is 18.1 Å². The molecule has 0 fully saturated rings. The molecule has 1 heterocycles. The van der Waals surface area contributed by atoms with Crippen LogP contribution in [-0.2, 0) is 26.2 Å². The minimum atomic E-state index is -3.66. The Labute approximate surface area is 145 Å². The molecule has 0 saturated heterocycles. The number of hydrogen-bond acceptors (Lipinski definition) is 7. The van der Waals surface area contributed by atoms with Gasteiger partial charge in [0.1, 0.15) is 12.4 Å². The highest BCUT2D eigenvalue weighted by atomic mass is 32.2. The van der Waals surface area contributed by atoms with Crippen molar-refractivity contribution in [2.75, 3.05) is 27.8 Å². The second kappa shape index (κ2) is 8.04. The van der Waals surface area contributed by atoms with Crippen LogP contribution in [0.15, 0.2) is 45.9 Å². The first-order valence-electron chi connectivity index (χ1n) is 7.27. The molecule has 0 aliphatic carbocycles. The Morgan fingerprint density at radius 2 is 1.80 bits per heavy atom. The van der Waals surface area contributed by atoms with Crippen LogP contribution in [0.25, 0.3) is 0 Å². The van der Waals surface area contributed by atoms with Crippen molar-refractivity contribution in [3.8, 4) is 11.5 Å². The van der Waals surface area contributed by atoms with Crippen LogP contribution >= 0.6 is 0 Å². The van der Waals surface area contributed by atoms with Gasteiger partial charge in [-0.15, -0.1) is 0 Å². The average molecular weight is 369 g/mol. The molecule has 136 valence electrons. The van der Waals surface area contributed by atoms with Gasteiger partial charge < -0.3 is 18.6 Å². The Morgan fingerprint density at radius 1 is 1.12 bits per heavy atom. The second-order valence-electron chi connectivity index (χ2n) is 5.11. The first-order chi connectivity index (χ1) is 11.8. The smallest absolute Gasteiger partial charge is 0.344 e. The van der Waals surface area contributed by atoms with Crippen molar-refractivity contribution in [1.82, 2.24) is 4.31 Å². The van der Waals surface area contributed by atoms with Crippen molar-refractivity contribution in [3.05, 3.63) is 42.2 Å². The van der Waals surface area contributed by atoms with Gasteiger partial charge in [-0.2, -0.15) is 0 Å². The predicted octanol–water partition coefficient (Wildman–Crippen LogP) is 1.66. The molecule has 1 aromatic heterocycles. The van der Waals surface area contributed by atoms with E-state index in [9.17, 15) is 13.2 Å². The highest BCUT2D eigenvalue weighted by Gasteiger charge is 2.21. The maximum absolute atomic E-state index is 11.9. The van der Waals surface area contributed by atoms with E-state index >= 15 is 0 Å². The molecule has 8 nitrogen and oxygen atoms in total. The summed E-state index contributed by atoms with van der Waals surface area (Å²) in [5, 5.41) is -0.214. The summed E-state index contributed by atoms with van der Waals surface area (Å²) in [6.07, 6.45) is 0. The summed E-state index contributed by atoms with van der Waals surface area (Å²) in [5.41, 5.74) is 0. The summed E-state index contributed by atoms with van der Waals surface area (Å²) in [4.78, 5) is 11.7. The molecule has 0 saturated carbocycles. The fourth-order valence-corrected chi connectivity index (χ4v) is 2.63. The van der Waals surface area contributed by atoms with Gasteiger partial charge >= 0.3 is 5.97 Å². The molecule has 2 aromatic rings. The molecule has 0 aliphatic rings. The van der Waals surface area contributed by atoms with E-state index in [2.05, 4.69) is 0 Å². The molecule has 0 aliphatic heterocycles. The zero-order valence-electron chi connectivity index (χ0n) is 14.1. The Kier molecular flexibility index (Phi) is 6.05. The van der Waals surface area contributed by atoms with Crippen molar-refractivity contribution in [3.63, 3.8) is 0 Å². The third-order valence-corrected chi connectivity index (χ3v) is 4.85. The molecule has 1 aromatic carbocycles. The maximum atomic E-state index is 11.9. The molecular formula is C16H19NO7S. The molecule has 0 atom stereocenters. The molecule has 0 bridgehead atoms. The first kappa shape index (κ1) is 18.8. The highest BCUT2D eigenvalue weighted by molar-refractivity contribution is 7.88. The SMILES string of the molecule is COc1ccccc1OCC(=O)OCc1ccc(S(=O)(=O)N(C)C)o1. The van der Waals surface area contributed by atoms with Gasteiger partial charge in [0.05, 0.1) is 7.11 Å². The standard InChI is InChI=1S/C16H19NO7S/c1-17(2)25(19,20)16-9-8-12(24-16)10-23-15(18)11-22-14-7-5-4-6-13(14)21-3/h4-9H,10-11H2,1-3H3. The number of rotatable bonds is 8. The number of esters is 1. The topological polar surface area (TPSA) is 95.3 Å². The predicted molar refractivity (Wildman–Crippen MR) is 87.9 cm³/mol. The van der Waals surface area contributed by atoms with Crippen LogP contribution in [0.2, 0.25) is 0 Å². The lowest BCUT2D eigenvalue weighted by Crippen LogP contribution is -2.21. The van der Waals surface area contributed by atoms with Gasteiger partial charge in [0.2, 0.25) is 5.09 Å². The molecule has 9 heteroatoms. The van der Waals surface area contributed by atoms with Gasteiger partial charge in [-0.05, 0) is 24.3 Å². The minimum Gasteiger partial charge on any atom is -0.493 e. The van der Waals surface area contributed by atoms with Gasteiger partial charge in [-0.25, -0.2) is 17.5 Å². The highest BCUT2D eigenvalue weighted by Crippen LogP contribution is 2.25. The largest absolute Gasteiger partial charge is 0.493 e. The number of furan rings is 1. The van der Waals surface area contributed by atoms with Crippen LogP contribution in [-0.4, -0.2) is 46.5 Å². The van der Waals surface area contributed by atoms with E-state index in [1.54, 1.807) is 24.3 Å². The van der Waals surface area contributed by atoms with Crippen LogP contribution in [0.5, 0.6) is 11.5 Å². The van der Waals surface area contributed by atoms with E-state index in [0.717, 1.165) is 4.31 Å². The summed E-state index contributed by atoms with van der Waals surface area (Å²) in [6, 6.07) is 9.64. The quantitative estimate of drug-likeness (QED) is 0.653. The summed E-state index contributed by atoms with van der Waals surface area (Å²) < 4.78 is 45.5. The van der Waals surface area contributed by atoms with Crippen molar-refractivity contribution in [1.29, 1.82) is 0 Å². The Bertz CT molecular complexity index is 827. The average Bonchev–Trinajstić information content (AvgIpc) is 3.08. The monoisotopic (exact) mass is 369 g/mol. The van der Waals surface area contributed by atoms with Crippen LogP contribution in [0.4, 0.5) is 0 Å². The number of carbonyl (C=O) groups is 1. The van der Waals surface area contributed by atoms with Gasteiger partial charge in [0.25, 0.3) is 10.0 Å². The van der Waals surface area contributed by atoms with Crippen molar-refractivity contribution >= 4 is 16.0 Å². The Balaban J connectivity index is 1.88. The van der Waals surface area contributed by atoms with Crippen LogP contribution in [0.1, 0.15) is 5.76 Å². The number of sulfonamides is 1. The van der Waals surface area contributed by atoms with Gasteiger partial charge in [0, 0.05) is 14.1 Å². The first-order valence-corrected chi connectivity index (χ1v) is 8.71. The summed E-state index contributed by atoms with van der Waals surface area (Å²) in [7, 11) is 0.627. The number of benzene rings is 1. The van der Waals surface area contributed by atoms with Gasteiger partial charge in [-0.3, -0.25) is 0 Å². The van der Waals surface area contributed by atoms with Crippen LogP contribution in [0.3, 0.4) is 0 Å². The lowest BCUT2D eigenvalue weighted by atomic mass is 10.3. The van der Waals surface area contributed by atoms with Crippen molar-refractivity contribution < 1.29 is 31.8 Å². The molecule has 0 N–H and O–H groups in total. The molecule has 2 rings (SSSR count). The van der Waals surface area contributed by atoms with E-state index in [1.165, 1.54) is 33.3 Å². The number of ether oxygens (including phenoxy) is 3. The zero-order chi connectivity index (χ0) is 18.4. The number of para-hydroxylation sites is 2. The number of hydrogen-bond donors (Lipinski definition) is 0. The molecule has 0 radical (unpaired) electrons. The molecule has 0 spiro atoms. The Morgan fingerprint density at radius 3 is 2.44 bits per heavy atom. The van der Waals surface area contributed by atoms with Crippen molar-refractivity contribution in [2.45, 2.75) is 11.7 Å². The normalized spacial score (nSPS) is 11.4. The number of carbonyl (C=O) groups excluding carboxylic acids is 1. The summed E-state index contributed by atoms with van der Waals surface area (Å²) in [5.74, 6) is 0.504. The van der Waals surface area contributed by atoms with Crippen LogP contribution < -0.4 is 9.47 Å². The molecule has 0 unspecified atom stereocenters. The summed E-state index contributed by atoms with van der Waals surface area (Å²) >= 11 is 0. The van der Waals surface area contributed by atoms with E-state index in [-0.39, 0.29) is 24.1 Å². The second-order valence-corrected chi connectivity index (χ2v) is 7.19. The fraction of sp³-hybridized carbons (Fsp3) is 0.312. The molecule has 0 amide bonds. The van der Waals surface area contributed by atoms with E-state index in [1.807, 2.05) is 0 Å². The third-order valence-electron chi connectivity index (χ3n) is 3.16. The lowest BCUT2D eigenvalue weighted by molar-refractivity contribution is -0.147. The lowest BCUT2D eigenvalue weighted by Gasteiger charge is -2.10. The Hall–Kier alpha value is -2.52. The van der Waals surface area contributed by atoms with E-state index in [4.69, 9.17) is 18.6 Å². The molecule has 25 heavy (non-hydrogen) atoms. The maximum Gasteiger partial charge on any atom is 0.344 e. The zero-order valence-corrected chi connectivity index (χ0v) is 14.9. The molecular weight excluding hydrogens is 350 g/mol. The third kappa shape index (κ3) is 4.74. The minimum absolute atomic E-state index is 0.197. The van der Waals surface area contributed by atoms with Crippen LogP contribution in [0, 0.1) is 0 Å². The number of methoxy groups -OCH3 is 1. The van der Waals surface area contributed by atoms with Crippen molar-refractivity contribution in [2.24, 2.45) is 0 Å².